The molecule has 3 amide bonds. The van der Waals surface area contributed by atoms with Crippen LogP contribution in [0.25, 0.3) is 0 Å². The third-order valence-electron chi connectivity index (χ3n) is 5.11. The molecule has 2 heterocycles. The normalized spacial score (nSPS) is 14.0. The number of hydrogen-bond acceptors (Lipinski definition) is 9. The third kappa shape index (κ3) is 9.06. The first kappa shape index (κ1) is 27.9. The van der Waals surface area contributed by atoms with Crippen molar-refractivity contribution >= 4 is 23.7 Å². The summed E-state index contributed by atoms with van der Waals surface area (Å²) in [5.74, 6) is -2.58. The van der Waals surface area contributed by atoms with Crippen molar-refractivity contribution in [2.75, 3.05) is 26.3 Å². The van der Waals surface area contributed by atoms with Crippen molar-refractivity contribution in [3.63, 3.8) is 0 Å². The molecule has 0 radical (unpaired) electrons. The molecule has 0 unspecified atom stereocenters. The minimum Gasteiger partial charge on any atom is -0.492 e. The minimum atomic E-state index is -0.687. The fraction of sp³-hybridized carbons (Fsp3) is 0.565. The Labute approximate surface area is 203 Å². The zero-order valence-electron chi connectivity index (χ0n) is 20.4. The highest BCUT2D eigenvalue weighted by Crippen LogP contribution is 2.22. The summed E-state index contributed by atoms with van der Waals surface area (Å²) >= 11 is 0. The number of rotatable bonds is 14. The molecular weight excluding hydrogens is 462 g/mol. The first-order valence-corrected chi connectivity index (χ1v) is 11.2. The quantitative estimate of drug-likeness (QED) is 0.249. The van der Waals surface area contributed by atoms with Gasteiger partial charge in [0, 0.05) is 43.8 Å². The summed E-state index contributed by atoms with van der Waals surface area (Å²) in [7, 11) is 0. The van der Waals surface area contributed by atoms with Gasteiger partial charge in [-0.2, -0.15) is 0 Å². The van der Waals surface area contributed by atoms with E-state index in [0.717, 1.165) is 4.90 Å². The van der Waals surface area contributed by atoms with Gasteiger partial charge < -0.3 is 29.8 Å². The van der Waals surface area contributed by atoms with Crippen molar-refractivity contribution in [1.82, 2.24) is 14.9 Å². The molecule has 0 bridgehead atoms. The number of amides is 3. The van der Waals surface area contributed by atoms with Crippen LogP contribution in [0.2, 0.25) is 0 Å². The van der Waals surface area contributed by atoms with Crippen LogP contribution in [0.1, 0.15) is 47.0 Å². The number of imide groups is 1. The fourth-order valence-corrected chi connectivity index (χ4v) is 3.00. The van der Waals surface area contributed by atoms with Gasteiger partial charge in [-0.25, -0.2) is 4.79 Å². The van der Waals surface area contributed by atoms with E-state index in [1.165, 1.54) is 24.3 Å². The number of ether oxygens (including phenoxy) is 2. The van der Waals surface area contributed by atoms with Gasteiger partial charge in [0.1, 0.15) is 0 Å². The number of carbonyl (C=O) groups excluding carboxylic acids is 4. The Bertz CT molecular complexity index is 928. The molecule has 0 atom stereocenters. The van der Waals surface area contributed by atoms with Gasteiger partial charge in [-0.05, 0) is 34.1 Å². The van der Waals surface area contributed by atoms with Gasteiger partial charge in [-0.1, -0.05) is 0 Å². The molecule has 12 nitrogen and oxygen atoms in total. The summed E-state index contributed by atoms with van der Waals surface area (Å²) in [5, 5.41) is 21.7. The second-order valence-corrected chi connectivity index (χ2v) is 9.23. The van der Waals surface area contributed by atoms with Crippen molar-refractivity contribution in [2.24, 2.45) is 0 Å². The standard InChI is InChI=1S/C23H33N3O9/c1-22(2,11-9-21(32)35-26-19(30)7-8-20(26)31)34-15-23(3,4)33-14-12-24-16(27)10-13-25-17(28)5-6-18(25)29/h5-8,30-31H,9-15H2,1-4H3,(H,24,27). The minimum absolute atomic E-state index is 0.00581. The van der Waals surface area contributed by atoms with Gasteiger partial charge >= 0.3 is 5.97 Å². The lowest BCUT2D eigenvalue weighted by Crippen LogP contribution is -2.39. The van der Waals surface area contributed by atoms with Crippen molar-refractivity contribution in [3.05, 3.63) is 24.3 Å². The monoisotopic (exact) mass is 495 g/mol. The van der Waals surface area contributed by atoms with E-state index in [-0.39, 0.29) is 45.1 Å². The number of carbonyl (C=O) groups is 4. The van der Waals surface area contributed by atoms with Gasteiger partial charge in [0.25, 0.3) is 11.8 Å². The summed E-state index contributed by atoms with van der Waals surface area (Å²) in [6.07, 6.45) is 2.66. The number of nitrogens with one attached hydrogen (secondary N) is 1. The molecule has 0 aromatic carbocycles. The summed E-state index contributed by atoms with van der Waals surface area (Å²) in [6, 6.07) is 2.39. The number of aromatic hydroxyl groups is 2. The van der Waals surface area contributed by atoms with Crippen LogP contribution >= 0.6 is 0 Å². The van der Waals surface area contributed by atoms with Gasteiger partial charge in [0.2, 0.25) is 17.7 Å². The summed E-state index contributed by atoms with van der Waals surface area (Å²) in [5.41, 5.74) is -1.36. The second-order valence-electron chi connectivity index (χ2n) is 9.23. The van der Waals surface area contributed by atoms with E-state index in [0.29, 0.717) is 11.2 Å². The van der Waals surface area contributed by atoms with Crippen LogP contribution in [0.15, 0.2) is 24.3 Å². The molecule has 0 aliphatic carbocycles. The summed E-state index contributed by atoms with van der Waals surface area (Å²) in [4.78, 5) is 52.8. The number of nitrogens with zero attached hydrogens (tertiary/aromatic N) is 2. The van der Waals surface area contributed by atoms with Crippen LogP contribution < -0.4 is 10.2 Å². The molecule has 0 saturated carbocycles. The number of hydrogen-bond donors (Lipinski definition) is 3. The largest absolute Gasteiger partial charge is 0.492 e. The first-order valence-electron chi connectivity index (χ1n) is 11.2. The Kier molecular flexibility index (Phi) is 9.43. The topological polar surface area (TPSA) is 157 Å². The van der Waals surface area contributed by atoms with E-state index >= 15 is 0 Å². The van der Waals surface area contributed by atoms with Crippen molar-refractivity contribution in [2.45, 2.75) is 58.2 Å². The molecule has 0 spiro atoms. The third-order valence-corrected chi connectivity index (χ3v) is 5.11. The predicted molar refractivity (Wildman–Crippen MR) is 122 cm³/mol. The molecule has 1 aromatic heterocycles. The zero-order valence-corrected chi connectivity index (χ0v) is 20.4. The van der Waals surface area contributed by atoms with Crippen LogP contribution in [0.4, 0.5) is 0 Å². The highest BCUT2D eigenvalue weighted by molar-refractivity contribution is 6.13. The van der Waals surface area contributed by atoms with Crippen molar-refractivity contribution < 1.29 is 43.7 Å². The van der Waals surface area contributed by atoms with Crippen LogP contribution in [-0.4, -0.2) is 81.0 Å². The Hall–Kier alpha value is -3.38. The molecule has 1 aromatic rings. The molecule has 2 rings (SSSR count). The molecule has 1 aliphatic rings. The highest BCUT2D eigenvalue weighted by Gasteiger charge is 2.27. The van der Waals surface area contributed by atoms with Crippen LogP contribution in [-0.2, 0) is 28.7 Å². The maximum atomic E-state index is 12.0. The molecule has 1 aliphatic heterocycles. The van der Waals surface area contributed by atoms with Gasteiger partial charge in [0.15, 0.2) is 0 Å². The lowest BCUT2D eigenvalue weighted by molar-refractivity contribution is -0.149. The van der Waals surface area contributed by atoms with E-state index in [1.807, 2.05) is 27.7 Å². The molecule has 3 N–H and O–H groups in total. The van der Waals surface area contributed by atoms with E-state index in [2.05, 4.69) is 5.32 Å². The van der Waals surface area contributed by atoms with E-state index < -0.39 is 40.7 Å². The average molecular weight is 496 g/mol. The van der Waals surface area contributed by atoms with Gasteiger partial charge in [0.05, 0.1) is 30.8 Å². The smallest absolute Gasteiger partial charge is 0.333 e. The highest BCUT2D eigenvalue weighted by atomic mass is 16.7. The molecule has 0 fully saturated rings. The van der Waals surface area contributed by atoms with E-state index in [1.54, 1.807) is 0 Å². The first-order chi connectivity index (χ1) is 16.3. The van der Waals surface area contributed by atoms with E-state index in [4.69, 9.17) is 14.3 Å². The lowest BCUT2D eigenvalue weighted by atomic mass is 10.0. The SMILES string of the molecule is CC(C)(CCC(=O)On1c(O)ccc1O)OCC(C)(C)OCCNC(=O)CCN1C(=O)C=CC1=O. The molecular formula is C23H33N3O9. The zero-order chi connectivity index (χ0) is 26.2. The summed E-state index contributed by atoms with van der Waals surface area (Å²) in [6.45, 7) is 7.99. The summed E-state index contributed by atoms with van der Waals surface area (Å²) < 4.78 is 12.3. The fourth-order valence-electron chi connectivity index (χ4n) is 3.00. The van der Waals surface area contributed by atoms with Crippen LogP contribution in [0, 0.1) is 0 Å². The Morgan fingerprint density at radius 1 is 0.943 bits per heavy atom. The lowest BCUT2D eigenvalue weighted by Gasteiger charge is -2.32. The van der Waals surface area contributed by atoms with Gasteiger partial charge in [-0.15, -0.1) is 4.73 Å². The molecule has 12 heteroatoms. The number of aromatic nitrogens is 1. The Morgan fingerprint density at radius 2 is 1.54 bits per heavy atom. The maximum absolute atomic E-state index is 12.0. The van der Waals surface area contributed by atoms with Crippen LogP contribution in [0.5, 0.6) is 11.8 Å². The Morgan fingerprint density at radius 3 is 2.14 bits per heavy atom. The molecule has 0 saturated heterocycles. The predicted octanol–water partition coefficient (Wildman–Crippen LogP) is 0.656. The van der Waals surface area contributed by atoms with E-state index in [9.17, 15) is 29.4 Å². The maximum Gasteiger partial charge on any atom is 0.333 e. The van der Waals surface area contributed by atoms with Crippen molar-refractivity contribution in [3.8, 4) is 11.8 Å². The molecule has 35 heavy (non-hydrogen) atoms. The average Bonchev–Trinajstić information content (AvgIpc) is 3.28. The Balaban J connectivity index is 1.62. The molecule has 194 valence electrons. The van der Waals surface area contributed by atoms with Crippen molar-refractivity contribution in [1.29, 1.82) is 0 Å². The van der Waals surface area contributed by atoms with Gasteiger partial charge in [-0.3, -0.25) is 19.3 Å². The van der Waals surface area contributed by atoms with Crippen LogP contribution in [0.3, 0.4) is 0 Å². The second kappa shape index (κ2) is 11.8.